The number of nitrogen functional groups attached to an aromatic ring is 1. The SMILES string of the molecule is Cc1ncc(I)c(=O)n1Cc1ccc(NN)c([N+](=O)[O-])c1. The van der Waals surface area contributed by atoms with E-state index in [2.05, 4.69) is 10.4 Å². The van der Waals surface area contributed by atoms with Crippen molar-refractivity contribution >= 4 is 34.0 Å². The third kappa shape index (κ3) is 3.19. The Balaban J connectivity index is 2.46. The first-order valence-electron chi connectivity index (χ1n) is 5.90. The summed E-state index contributed by atoms with van der Waals surface area (Å²) in [6.07, 6.45) is 1.50. The summed E-state index contributed by atoms with van der Waals surface area (Å²) in [6.45, 7) is 1.92. The van der Waals surface area contributed by atoms with Crippen molar-refractivity contribution in [2.24, 2.45) is 5.84 Å². The van der Waals surface area contributed by atoms with Crippen LogP contribution in [0.3, 0.4) is 0 Å². The van der Waals surface area contributed by atoms with Crippen molar-refractivity contribution in [3.05, 3.63) is 59.8 Å². The lowest BCUT2D eigenvalue weighted by Crippen LogP contribution is -2.26. The second-order valence-electron chi connectivity index (χ2n) is 4.30. The highest BCUT2D eigenvalue weighted by Gasteiger charge is 2.15. The number of aryl methyl sites for hydroxylation is 1. The van der Waals surface area contributed by atoms with Gasteiger partial charge in [-0.15, -0.1) is 0 Å². The Bertz CT molecular complexity index is 759. The van der Waals surface area contributed by atoms with Crippen LogP contribution in [-0.4, -0.2) is 14.5 Å². The Kier molecular flexibility index (Phi) is 4.53. The summed E-state index contributed by atoms with van der Waals surface area (Å²) in [5.74, 6) is 5.78. The van der Waals surface area contributed by atoms with Crippen LogP contribution < -0.4 is 16.8 Å². The van der Waals surface area contributed by atoms with E-state index < -0.39 is 4.92 Å². The van der Waals surface area contributed by atoms with E-state index in [-0.39, 0.29) is 23.5 Å². The molecular weight excluding hydrogens is 389 g/mol. The number of hydrogen-bond acceptors (Lipinski definition) is 6. The summed E-state index contributed by atoms with van der Waals surface area (Å²) < 4.78 is 1.96. The fourth-order valence-electron chi connectivity index (χ4n) is 1.87. The highest BCUT2D eigenvalue weighted by molar-refractivity contribution is 14.1. The molecule has 0 amide bonds. The molecule has 0 fully saturated rings. The summed E-state index contributed by atoms with van der Waals surface area (Å²) in [7, 11) is 0. The first kappa shape index (κ1) is 15.4. The van der Waals surface area contributed by atoms with Crippen molar-refractivity contribution in [3.63, 3.8) is 0 Å². The second-order valence-corrected chi connectivity index (χ2v) is 5.46. The maximum absolute atomic E-state index is 12.1. The van der Waals surface area contributed by atoms with Crippen LogP contribution in [0.15, 0.2) is 29.2 Å². The lowest BCUT2D eigenvalue weighted by atomic mass is 10.1. The first-order valence-corrected chi connectivity index (χ1v) is 6.97. The molecule has 0 unspecified atom stereocenters. The quantitative estimate of drug-likeness (QED) is 0.346. The number of benzene rings is 1. The Hall–Kier alpha value is -2.01. The topological polar surface area (TPSA) is 116 Å². The van der Waals surface area contributed by atoms with Crippen LogP contribution in [-0.2, 0) is 6.54 Å². The minimum Gasteiger partial charge on any atom is -0.318 e. The average molecular weight is 401 g/mol. The van der Waals surface area contributed by atoms with Gasteiger partial charge in [-0.3, -0.25) is 25.3 Å². The molecule has 0 aliphatic heterocycles. The van der Waals surface area contributed by atoms with E-state index in [1.165, 1.54) is 22.9 Å². The van der Waals surface area contributed by atoms with Gasteiger partial charge in [0, 0.05) is 12.3 Å². The van der Waals surface area contributed by atoms with Crippen LogP contribution in [0.5, 0.6) is 0 Å². The van der Waals surface area contributed by atoms with Crippen molar-refractivity contribution in [1.29, 1.82) is 0 Å². The van der Waals surface area contributed by atoms with E-state index in [0.29, 0.717) is 15.0 Å². The Morgan fingerprint density at radius 1 is 1.52 bits per heavy atom. The summed E-state index contributed by atoms with van der Waals surface area (Å²) in [6, 6.07) is 4.57. The lowest BCUT2D eigenvalue weighted by molar-refractivity contribution is -0.384. The Labute approximate surface area is 133 Å². The number of aromatic nitrogens is 2. The molecule has 1 aromatic heterocycles. The zero-order valence-corrected chi connectivity index (χ0v) is 13.2. The molecule has 0 aliphatic carbocycles. The fraction of sp³-hybridized carbons (Fsp3) is 0.167. The first-order chi connectivity index (χ1) is 9.93. The smallest absolute Gasteiger partial charge is 0.293 e. The van der Waals surface area contributed by atoms with Gasteiger partial charge in [0.1, 0.15) is 11.5 Å². The average Bonchev–Trinajstić information content (AvgIpc) is 2.47. The van der Waals surface area contributed by atoms with E-state index in [1.807, 2.05) is 22.6 Å². The van der Waals surface area contributed by atoms with Gasteiger partial charge in [-0.05, 0) is 41.1 Å². The van der Waals surface area contributed by atoms with Crippen LogP contribution in [0.25, 0.3) is 0 Å². The predicted octanol–water partition coefficient (Wildman–Crippen LogP) is 1.40. The summed E-state index contributed by atoms with van der Waals surface area (Å²) in [5.41, 5.74) is 2.80. The number of hydrogen-bond donors (Lipinski definition) is 2. The second kappa shape index (κ2) is 6.18. The van der Waals surface area contributed by atoms with Crippen molar-refractivity contribution in [2.75, 3.05) is 5.43 Å². The standard InChI is InChI=1S/C12H12IN5O3/c1-7-15-5-9(13)12(19)17(7)6-8-2-3-10(16-14)11(4-8)18(20)21/h2-5,16H,6,14H2,1H3. The summed E-state index contributed by atoms with van der Waals surface area (Å²) in [4.78, 5) is 26.7. The van der Waals surface area contributed by atoms with Crippen LogP contribution >= 0.6 is 22.6 Å². The van der Waals surface area contributed by atoms with Gasteiger partial charge in [-0.25, -0.2) is 4.98 Å². The van der Waals surface area contributed by atoms with Gasteiger partial charge in [0.05, 0.1) is 15.0 Å². The van der Waals surface area contributed by atoms with Crippen molar-refractivity contribution in [2.45, 2.75) is 13.5 Å². The number of nitrogens with one attached hydrogen (secondary N) is 1. The van der Waals surface area contributed by atoms with Crippen molar-refractivity contribution in [3.8, 4) is 0 Å². The maximum atomic E-state index is 12.1. The fourth-order valence-corrected chi connectivity index (χ4v) is 2.30. The number of halogens is 1. The summed E-state index contributed by atoms with van der Waals surface area (Å²) >= 11 is 1.91. The molecule has 3 N–H and O–H groups in total. The zero-order valence-electron chi connectivity index (χ0n) is 11.0. The Morgan fingerprint density at radius 2 is 2.24 bits per heavy atom. The Morgan fingerprint density at radius 3 is 2.86 bits per heavy atom. The highest BCUT2D eigenvalue weighted by atomic mass is 127. The predicted molar refractivity (Wildman–Crippen MR) is 86.0 cm³/mol. The number of hydrazine groups is 1. The molecule has 21 heavy (non-hydrogen) atoms. The largest absolute Gasteiger partial charge is 0.318 e. The van der Waals surface area contributed by atoms with Gasteiger partial charge < -0.3 is 5.43 Å². The molecule has 2 aromatic rings. The highest BCUT2D eigenvalue weighted by Crippen LogP contribution is 2.24. The van der Waals surface area contributed by atoms with Gasteiger partial charge in [0.25, 0.3) is 11.2 Å². The number of nitro groups is 1. The van der Waals surface area contributed by atoms with Crippen molar-refractivity contribution in [1.82, 2.24) is 9.55 Å². The number of anilines is 1. The van der Waals surface area contributed by atoms with Crippen molar-refractivity contribution < 1.29 is 4.92 Å². The molecule has 0 saturated heterocycles. The molecule has 0 bridgehead atoms. The van der Waals surface area contributed by atoms with E-state index in [9.17, 15) is 14.9 Å². The zero-order chi connectivity index (χ0) is 15.6. The molecule has 0 atom stereocenters. The molecule has 110 valence electrons. The van der Waals surface area contributed by atoms with Crippen LogP contribution in [0, 0.1) is 20.6 Å². The molecular formula is C12H12IN5O3. The molecule has 0 radical (unpaired) electrons. The number of nitro benzene ring substituents is 1. The number of nitrogens with zero attached hydrogens (tertiary/aromatic N) is 3. The van der Waals surface area contributed by atoms with E-state index in [4.69, 9.17) is 5.84 Å². The van der Waals surface area contributed by atoms with Gasteiger partial charge >= 0.3 is 0 Å². The van der Waals surface area contributed by atoms with Gasteiger partial charge in [-0.1, -0.05) is 6.07 Å². The third-order valence-electron chi connectivity index (χ3n) is 2.96. The minimum atomic E-state index is -0.526. The lowest BCUT2D eigenvalue weighted by Gasteiger charge is -2.10. The van der Waals surface area contributed by atoms with Crippen LogP contribution in [0.2, 0.25) is 0 Å². The third-order valence-corrected chi connectivity index (χ3v) is 3.70. The molecule has 2 rings (SSSR count). The van der Waals surface area contributed by atoms with Gasteiger partial charge in [0.2, 0.25) is 0 Å². The molecule has 1 aromatic carbocycles. The normalized spacial score (nSPS) is 10.4. The molecule has 0 spiro atoms. The number of rotatable bonds is 4. The monoisotopic (exact) mass is 401 g/mol. The van der Waals surface area contributed by atoms with E-state index in [0.717, 1.165) is 0 Å². The van der Waals surface area contributed by atoms with Gasteiger partial charge in [-0.2, -0.15) is 0 Å². The minimum absolute atomic E-state index is 0.140. The maximum Gasteiger partial charge on any atom is 0.293 e. The van der Waals surface area contributed by atoms with Gasteiger partial charge in [0.15, 0.2) is 0 Å². The molecule has 8 nitrogen and oxygen atoms in total. The molecule has 0 aliphatic rings. The number of nitrogens with two attached hydrogens (primary N) is 1. The van der Waals surface area contributed by atoms with E-state index >= 15 is 0 Å². The van der Waals surface area contributed by atoms with Crippen LogP contribution in [0.1, 0.15) is 11.4 Å². The molecule has 9 heteroatoms. The van der Waals surface area contributed by atoms with Crippen LogP contribution in [0.4, 0.5) is 11.4 Å². The molecule has 1 heterocycles. The summed E-state index contributed by atoms with van der Waals surface area (Å²) in [5, 5.41) is 11.0. The van der Waals surface area contributed by atoms with E-state index in [1.54, 1.807) is 13.0 Å². The molecule has 0 saturated carbocycles.